The van der Waals surface area contributed by atoms with Gasteiger partial charge in [-0.3, -0.25) is 0 Å². The summed E-state index contributed by atoms with van der Waals surface area (Å²) in [5.41, 5.74) is 0.189. The van der Waals surface area contributed by atoms with Gasteiger partial charge in [0.1, 0.15) is 12.4 Å². The second-order valence-electron chi connectivity index (χ2n) is 6.92. The molecule has 28 heavy (non-hydrogen) atoms. The Kier molecular flexibility index (Phi) is 5.26. The summed E-state index contributed by atoms with van der Waals surface area (Å²) in [6.45, 7) is 8.31. The van der Waals surface area contributed by atoms with Gasteiger partial charge in [0, 0.05) is 11.8 Å². The Morgan fingerprint density at radius 3 is 2.61 bits per heavy atom. The van der Waals surface area contributed by atoms with Gasteiger partial charge in [-0.15, -0.1) is 0 Å². The number of hydrogen-bond donors (Lipinski definition) is 0. The van der Waals surface area contributed by atoms with Crippen molar-refractivity contribution in [3.8, 4) is 23.3 Å². The van der Waals surface area contributed by atoms with Crippen LogP contribution >= 0.6 is 0 Å². The first-order valence-corrected chi connectivity index (χ1v) is 9.18. The Bertz CT molecular complexity index is 880. The SMILES string of the molecule is [C-]#[N+]c1ccc(Oc2ncnc(OC3C4CCCC3COC4)c2OC)c(F)c1. The van der Waals surface area contributed by atoms with Gasteiger partial charge in [-0.05, 0) is 25.0 Å². The molecule has 0 spiro atoms. The lowest BCUT2D eigenvalue weighted by Gasteiger charge is -2.41. The molecule has 2 heterocycles. The third-order valence-corrected chi connectivity index (χ3v) is 5.18. The van der Waals surface area contributed by atoms with Crippen molar-refractivity contribution in [1.82, 2.24) is 9.97 Å². The fourth-order valence-electron chi connectivity index (χ4n) is 3.82. The summed E-state index contributed by atoms with van der Waals surface area (Å²) in [5.74, 6) is 0.452. The molecule has 0 N–H and O–H groups in total. The van der Waals surface area contributed by atoms with Gasteiger partial charge in [-0.1, -0.05) is 12.5 Å². The third-order valence-electron chi connectivity index (χ3n) is 5.18. The minimum Gasteiger partial charge on any atom is -0.487 e. The van der Waals surface area contributed by atoms with E-state index < -0.39 is 5.82 Å². The predicted octanol–water partition coefficient (Wildman–Crippen LogP) is 4.16. The quantitative estimate of drug-likeness (QED) is 0.720. The molecule has 0 amide bonds. The molecule has 8 heteroatoms. The summed E-state index contributed by atoms with van der Waals surface area (Å²) in [4.78, 5) is 11.5. The molecule has 2 fully saturated rings. The number of nitrogens with zero attached hydrogens (tertiary/aromatic N) is 3. The Morgan fingerprint density at radius 1 is 1.18 bits per heavy atom. The number of halogens is 1. The molecular weight excluding hydrogens is 365 g/mol. The first-order chi connectivity index (χ1) is 13.7. The summed E-state index contributed by atoms with van der Waals surface area (Å²) in [6, 6.07) is 3.96. The van der Waals surface area contributed by atoms with Crippen molar-refractivity contribution in [2.24, 2.45) is 11.8 Å². The number of fused-ring (bicyclic) bond motifs is 2. The molecule has 1 aliphatic heterocycles. The number of benzene rings is 1. The molecule has 1 aromatic carbocycles. The Morgan fingerprint density at radius 2 is 1.93 bits per heavy atom. The monoisotopic (exact) mass is 385 g/mol. The number of rotatable bonds is 5. The molecule has 1 saturated carbocycles. The van der Waals surface area contributed by atoms with E-state index >= 15 is 0 Å². The van der Waals surface area contributed by atoms with Crippen molar-refractivity contribution in [3.63, 3.8) is 0 Å². The molecule has 1 aliphatic carbocycles. The second-order valence-corrected chi connectivity index (χ2v) is 6.92. The molecule has 2 aromatic rings. The first-order valence-electron chi connectivity index (χ1n) is 9.18. The van der Waals surface area contributed by atoms with E-state index in [1.54, 1.807) is 0 Å². The van der Waals surface area contributed by atoms with Crippen molar-refractivity contribution in [2.75, 3.05) is 20.3 Å². The Balaban J connectivity index is 1.59. The van der Waals surface area contributed by atoms with E-state index in [0.29, 0.717) is 25.0 Å². The van der Waals surface area contributed by atoms with E-state index in [0.717, 1.165) is 18.9 Å². The smallest absolute Gasteiger partial charge is 0.270 e. The highest BCUT2D eigenvalue weighted by Gasteiger charge is 2.39. The topological polar surface area (TPSA) is 67.1 Å². The van der Waals surface area contributed by atoms with Gasteiger partial charge < -0.3 is 18.9 Å². The highest BCUT2D eigenvalue weighted by molar-refractivity contribution is 5.50. The maximum atomic E-state index is 14.2. The van der Waals surface area contributed by atoms with Crippen LogP contribution in [0.5, 0.6) is 23.3 Å². The average Bonchev–Trinajstić information content (AvgIpc) is 2.69. The van der Waals surface area contributed by atoms with E-state index in [4.69, 9.17) is 25.5 Å². The summed E-state index contributed by atoms with van der Waals surface area (Å²) < 4.78 is 37.1. The van der Waals surface area contributed by atoms with Gasteiger partial charge in [0.25, 0.3) is 11.8 Å². The Labute approximate surface area is 162 Å². The minimum absolute atomic E-state index is 0.00571. The largest absolute Gasteiger partial charge is 0.487 e. The molecule has 2 bridgehead atoms. The van der Waals surface area contributed by atoms with Crippen LogP contribution in [0.4, 0.5) is 10.1 Å². The maximum Gasteiger partial charge on any atom is 0.270 e. The summed E-state index contributed by atoms with van der Waals surface area (Å²) in [7, 11) is 1.46. The second kappa shape index (κ2) is 7.98. The van der Waals surface area contributed by atoms with E-state index in [1.165, 1.54) is 32.0 Å². The van der Waals surface area contributed by atoms with Gasteiger partial charge in [0.15, 0.2) is 17.3 Å². The maximum absolute atomic E-state index is 14.2. The highest BCUT2D eigenvalue weighted by Crippen LogP contribution is 2.41. The molecule has 2 unspecified atom stereocenters. The van der Waals surface area contributed by atoms with Crippen LogP contribution in [-0.2, 0) is 4.74 Å². The van der Waals surface area contributed by atoms with E-state index in [1.807, 2.05) is 0 Å². The zero-order chi connectivity index (χ0) is 19.5. The van der Waals surface area contributed by atoms with Crippen molar-refractivity contribution in [2.45, 2.75) is 25.4 Å². The Hall–Kier alpha value is -2.92. The minimum atomic E-state index is -0.657. The van der Waals surface area contributed by atoms with Crippen molar-refractivity contribution >= 4 is 5.69 Å². The van der Waals surface area contributed by atoms with E-state index in [2.05, 4.69) is 14.8 Å². The van der Waals surface area contributed by atoms with Crippen LogP contribution in [-0.4, -0.2) is 36.4 Å². The summed E-state index contributed by atoms with van der Waals surface area (Å²) >= 11 is 0. The van der Waals surface area contributed by atoms with E-state index in [-0.39, 0.29) is 35.1 Å². The zero-order valence-corrected chi connectivity index (χ0v) is 15.4. The van der Waals surface area contributed by atoms with Crippen molar-refractivity contribution < 1.29 is 23.3 Å². The van der Waals surface area contributed by atoms with Crippen LogP contribution in [0.25, 0.3) is 4.85 Å². The molecule has 0 radical (unpaired) electrons. The summed E-state index contributed by atoms with van der Waals surface area (Å²) in [6.07, 6.45) is 4.57. The highest BCUT2D eigenvalue weighted by atomic mass is 19.1. The van der Waals surface area contributed by atoms with Gasteiger partial charge in [0.2, 0.25) is 5.75 Å². The van der Waals surface area contributed by atoms with Gasteiger partial charge in [-0.2, -0.15) is 9.97 Å². The standard InChI is InChI=1S/C20H20FN3O4/c1-22-14-6-7-16(15(21)8-14)27-19-18(25-2)20(24-11-23-19)28-17-12-4-3-5-13(17)10-26-9-12/h6-8,11-13,17H,3-5,9-10H2,2H3. The number of aromatic nitrogens is 2. The lowest BCUT2D eigenvalue weighted by atomic mass is 9.78. The third kappa shape index (κ3) is 3.58. The fourth-order valence-corrected chi connectivity index (χ4v) is 3.82. The van der Waals surface area contributed by atoms with Gasteiger partial charge in [-0.25, -0.2) is 9.24 Å². The van der Waals surface area contributed by atoms with Crippen LogP contribution in [0, 0.1) is 24.2 Å². The van der Waals surface area contributed by atoms with Crippen LogP contribution in [0.3, 0.4) is 0 Å². The molecule has 7 nitrogen and oxygen atoms in total. The molecule has 2 atom stereocenters. The average molecular weight is 385 g/mol. The molecule has 146 valence electrons. The van der Waals surface area contributed by atoms with Crippen molar-refractivity contribution in [1.29, 1.82) is 0 Å². The van der Waals surface area contributed by atoms with Crippen molar-refractivity contribution in [3.05, 3.63) is 41.8 Å². The molecule has 1 aromatic heterocycles. The van der Waals surface area contributed by atoms with Crippen LogP contribution in [0.1, 0.15) is 19.3 Å². The number of methoxy groups -OCH3 is 1. The van der Waals surface area contributed by atoms with Crippen LogP contribution in [0.15, 0.2) is 24.5 Å². The number of hydrogen-bond acceptors (Lipinski definition) is 6. The molecule has 1 saturated heterocycles. The van der Waals surface area contributed by atoms with Crippen LogP contribution < -0.4 is 14.2 Å². The van der Waals surface area contributed by atoms with Crippen LogP contribution in [0.2, 0.25) is 0 Å². The van der Waals surface area contributed by atoms with Gasteiger partial charge in [0.05, 0.1) is 26.9 Å². The van der Waals surface area contributed by atoms with E-state index in [9.17, 15) is 4.39 Å². The predicted molar refractivity (Wildman–Crippen MR) is 97.4 cm³/mol. The molecule has 2 aliphatic rings. The molecule has 4 rings (SSSR count). The lowest BCUT2D eigenvalue weighted by molar-refractivity contribution is -0.0924. The first kappa shape index (κ1) is 18.4. The zero-order valence-electron chi connectivity index (χ0n) is 15.4. The molecular formula is C20H20FN3O4. The van der Waals surface area contributed by atoms with Gasteiger partial charge >= 0.3 is 0 Å². The number of ether oxygens (including phenoxy) is 4. The fraction of sp³-hybridized carbons (Fsp3) is 0.450. The summed E-state index contributed by atoms with van der Waals surface area (Å²) in [5, 5.41) is 0. The lowest BCUT2D eigenvalue weighted by Crippen LogP contribution is -2.46. The normalized spacial score (nSPS) is 23.5.